The Balaban J connectivity index is 1.37. The van der Waals surface area contributed by atoms with Gasteiger partial charge >= 0.3 is 11.9 Å². The molecular weight excluding hydrogens is 628 g/mol. The van der Waals surface area contributed by atoms with Crippen LogP contribution in [0, 0.1) is 5.92 Å². The maximum Gasteiger partial charge on any atom is 0.343 e. The van der Waals surface area contributed by atoms with Crippen molar-refractivity contribution in [1.29, 1.82) is 0 Å². The first-order valence-corrected chi connectivity index (χ1v) is 19.0. The largest absolute Gasteiger partial charge is 0.493 e. The Labute approximate surface area is 300 Å². The molecule has 7 nitrogen and oxygen atoms in total. The van der Waals surface area contributed by atoms with E-state index in [2.05, 4.69) is 27.7 Å². The Morgan fingerprint density at radius 1 is 0.740 bits per heavy atom. The molecule has 0 N–H and O–H groups in total. The van der Waals surface area contributed by atoms with Crippen LogP contribution in [0.2, 0.25) is 0 Å². The van der Waals surface area contributed by atoms with Gasteiger partial charge in [0.05, 0.1) is 43.2 Å². The minimum Gasteiger partial charge on any atom is -0.493 e. The zero-order valence-corrected chi connectivity index (χ0v) is 30.7. The van der Waals surface area contributed by atoms with Crippen molar-refractivity contribution in [2.75, 3.05) is 19.8 Å². The fourth-order valence-electron chi connectivity index (χ4n) is 6.22. The van der Waals surface area contributed by atoms with E-state index in [0.29, 0.717) is 35.2 Å². The quantitative estimate of drug-likeness (QED) is 0.0558. The van der Waals surface area contributed by atoms with Crippen LogP contribution >= 0.6 is 0 Å². The van der Waals surface area contributed by atoms with Gasteiger partial charge in [-0.3, -0.25) is 0 Å². The summed E-state index contributed by atoms with van der Waals surface area (Å²) < 4.78 is 29.8. The highest BCUT2D eigenvalue weighted by atomic mass is 16.5. The van der Waals surface area contributed by atoms with Crippen molar-refractivity contribution in [1.82, 2.24) is 0 Å². The van der Waals surface area contributed by atoms with Gasteiger partial charge in [-0.2, -0.15) is 0 Å². The SMILES string of the molecule is CCCCCCCC(CCCOc1cc(C(=O)Oc2ccc(C(=O)OC(CCC)CCC)cc2)ccc1-c1ccccc1)OCC1COC1C. The summed E-state index contributed by atoms with van der Waals surface area (Å²) in [5.41, 5.74) is 2.74. The summed E-state index contributed by atoms with van der Waals surface area (Å²) in [5.74, 6) is 0.605. The summed E-state index contributed by atoms with van der Waals surface area (Å²) in [6.45, 7) is 10.6. The molecule has 7 heteroatoms. The molecule has 4 rings (SSSR count). The van der Waals surface area contributed by atoms with Crippen LogP contribution in [0.15, 0.2) is 72.8 Å². The predicted molar refractivity (Wildman–Crippen MR) is 199 cm³/mol. The molecule has 50 heavy (non-hydrogen) atoms. The molecule has 0 radical (unpaired) electrons. The Morgan fingerprint density at radius 3 is 2.10 bits per heavy atom. The molecule has 1 aliphatic rings. The van der Waals surface area contributed by atoms with E-state index in [-0.39, 0.29) is 24.3 Å². The molecule has 3 atom stereocenters. The first-order chi connectivity index (χ1) is 24.4. The summed E-state index contributed by atoms with van der Waals surface area (Å²) in [6.07, 6.45) is 13.0. The van der Waals surface area contributed by atoms with Crippen LogP contribution < -0.4 is 9.47 Å². The van der Waals surface area contributed by atoms with Crippen LogP contribution in [0.4, 0.5) is 0 Å². The lowest BCUT2D eigenvalue weighted by molar-refractivity contribution is -0.140. The second-order valence-corrected chi connectivity index (χ2v) is 13.5. The third kappa shape index (κ3) is 12.6. The third-order valence-electron chi connectivity index (χ3n) is 9.44. The van der Waals surface area contributed by atoms with Gasteiger partial charge in [-0.25, -0.2) is 9.59 Å². The van der Waals surface area contributed by atoms with Crippen LogP contribution in [0.1, 0.15) is 125 Å². The minimum absolute atomic E-state index is 0.0863. The highest BCUT2D eigenvalue weighted by molar-refractivity contribution is 5.93. The van der Waals surface area contributed by atoms with Gasteiger partial charge in [0.15, 0.2) is 0 Å². The van der Waals surface area contributed by atoms with Crippen molar-refractivity contribution >= 4 is 11.9 Å². The van der Waals surface area contributed by atoms with E-state index < -0.39 is 5.97 Å². The van der Waals surface area contributed by atoms with Crippen molar-refractivity contribution in [2.24, 2.45) is 5.92 Å². The number of benzene rings is 3. The van der Waals surface area contributed by atoms with Gasteiger partial charge in [0, 0.05) is 11.5 Å². The summed E-state index contributed by atoms with van der Waals surface area (Å²) in [7, 11) is 0. The van der Waals surface area contributed by atoms with Crippen molar-refractivity contribution < 1.29 is 33.3 Å². The molecule has 0 spiro atoms. The van der Waals surface area contributed by atoms with Crippen LogP contribution in [0.5, 0.6) is 11.5 Å². The van der Waals surface area contributed by atoms with E-state index in [0.717, 1.165) is 69.3 Å². The lowest BCUT2D eigenvalue weighted by atomic mass is 10.00. The van der Waals surface area contributed by atoms with Gasteiger partial charge in [0.25, 0.3) is 0 Å². The van der Waals surface area contributed by atoms with Gasteiger partial charge in [-0.15, -0.1) is 0 Å². The monoisotopic (exact) mass is 686 g/mol. The molecule has 1 aliphatic heterocycles. The topological polar surface area (TPSA) is 80.3 Å². The average molecular weight is 687 g/mol. The van der Waals surface area contributed by atoms with Crippen LogP contribution in [0.3, 0.4) is 0 Å². The van der Waals surface area contributed by atoms with Gasteiger partial charge in [0.2, 0.25) is 0 Å². The molecule has 0 bridgehead atoms. The third-order valence-corrected chi connectivity index (χ3v) is 9.44. The molecule has 1 fully saturated rings. The molecule has 1 heterocycles. The van der Waals surface area contributed by atoms with Gasteiger partial charge in [0.1, 0.15) is 17.6 Å². The summed E-state index contributed by atoms with van der Waals surface area (Å²) in [4.78, 5) is 26.0. The van der Waals surface area contributed by atoms with Crippen molar-refractivity contribution in [2.45, 2.75) is 123 Å². The predicted octanol–water partition coefficient (Wildman–Crippen LogP) is 10.6. The number of carbonyl (C=O) groups is 2. The van der Waals surface area contributed by atoms with Gasteiger partial charge in [-0.05, 0) is 87.1 Å². The number of carbonyl (C=O) groups excluding carboxylic acids is 2. The Hall–Kier alpha value is -3.68. The van der Waals surface area contributed by atoms with Crippen molar-refractivity contribution in [3.05, 3.63) is 83.9 Å². The van der Waals surface area contributed by atoms with E-state index in [1.165, 1.54) is 32.1 Å². The number of rotatable bonds is 23. The molecule has 0 saturated carbocycles. The first kappa shape index (κ1) is 39.1. The Morgan fingerprint density at radius 2 is 1.44 bits per heavy atom. The maximum atomic E-state index is 13.3. The van der Waals surface area contributed by atoms with E-state index in [1.807, 2.05) is 36.4 Å². The van der Waals surface area contributed by atoms with E-state index >= 15 is 0 Å². The van der Waals surface area contributed by atoms with Crippen molar-refractivity contribution in [3.8, 4) is 22.6 Å². The fourth-order valence-corrected chi connectivity index (χ4v) is 6.22. The van der Waals surface area contributed by atoms with Gasteiger partial charge in [-0.1, -0.05) is 96.0 Å². The second-order valence-electron chi connectivity index (χ2n) is 13.5. The number of esters is 2. The molecule has 1 saturated heterocycles. The van der Waals surface area contributed by atoms with Crippen molar-refractivity contribution in [3.63, 3.8) is 0 Å². The Kier molecular flexibility index (Phi) is 16.8. The lowest BCUT2D eigenvalue weighted by Crippen LogP contribution is -2.41. The van der Waals surface area contributed by atoms with E-state index in [4.69, 9.17) is 23.7 Å². The fraction of sp³-hybridized carbons (Fsp3) is 0.535. The summed E-state index contributed by atoms with van der Waals surface area (Å²) in [6, 6.07) is 22.0. The molecular formula is C43H58O7. The van der Waals surface area contributed by atoms with E-state index in [1.54, 1.807) is 36.4 Å². The zero-order chi connectivity index (χ0) is 35.6. The molecule has 0 aliphatic carbocycles. The van der Waals surface area contributed by atoms with Crippen LogP contribution in [-0.4, -0.2) is 50.1 Å². The first-order valence-electron chi connectivity index (χ1n) is 19.0. The molecule has 272 valence electrons. The summed E-state index contributed by atoms with van der Waals surface area (Å²) in [5, 5.41) is 0. The number of hydrogen-bond donors (Lipinski definition) is 0. The standard InChI is InChI=1S/C43H58O7/c1-5-8-9-10-14-20-37(48-31-36-30-47-32(36)4)21-15-28-46-41-29-35(24-27-40(41)33-18-12-11-13-19-33)43(45)50-39-25-22-34(23-26-39)42(44)49-38(16-6-2)17-7-3/h11-13,18-19,22-27,29,32,36-38H,5-10,14-17,20-21,28,30-31H2,1-4H3. The summed E-state index contributed by atoms with van der Waals surface area (Å²) >= 11 is 0. The normalized spacial score (nSPS) is 16.1. The molecule has 3 aromatic rings. The maximum absolute atomic E-state index is 13.3. The average Bonchev–Trinajstić information content (AvgIpc) is 3.13. The number of hydrogen-bond acceptors (Lipinski definition) is 7. The number of ether oxygens (including phenoxy) is 5. The van der Waals surface area contributed by atoms with Crippen LogP contribution in [-0.2, 0) is 14.2 Å². The molecule has 0 amide bonds. The highest BCUT2D eigenvalue weighted by Gasteiger charge is 2.29. The molecule has 3 aromatic carbocycles. The second kappa shape index (κ2) is 21.5. The highest BCUT2D eigenvalue weighted by Crippen LogP contribution is 2.32. The number of unbranched alkanes of at least 4 members (excludes halogenated alkanes) is 4. The Bertz CT molecular complexity index is 1410. The molecule has 3 unspecified atom stereocenters. The minimum atomic E-state index is -0.499. The van der Waals surface area contributed by atoms with Gasteiger partial charge < -0.3 is 23.7 Å². The van der Waals surface area contributed by atoms with Crippen LogP contribution in [0.25, 0.3) is 11.1 Å². The lowest BCUT2D eigenvalue weighted by Gasteiger charge is -2.35. The zero-order valence-electron chi connectivity index (χ0n) is 30.7. The molecule has 0 aromatic heterocycles. The van der Waals surface area contributed by atoms with E-state index in [9.17, 15) is 9.59 Å². The smallest absolute Gasteiger partial charge is 0.343 e.